The van der Waals surface area contributed by atoms with Gasteiger partial charge in [0, 0.05) is 0 Å². The zero-order chi connectivity index (χ0) is 14.5. The first-order valence-corrected chi connectivity index (χ1v) is 6.67. The molecular formula is C16H23NO2. The predicted molar refractivity (Wildman–Crippen MR) is 79.4 cm³/mol. The number of hydrogen-bond donors (Lipinski definition) is 1. The van der Waals surface area contributed by atoms with E-state index >= 15 is 0 Å². The van der Waals surface area contributed by atoms with Crippen molar-refractivity contribution in [3.8, 4) is 11.5 Å². The fourth-order valence-corrected chi connectivity index (χ4v) is 1.19. The van der Waals surface area contributed by atoms with Crippen molar-refractivity contribution in [1.29, 1.82) is 0 Å². The highest BCUT2D eigenvalue weighted by atomic mass is 16.5. The van der Waals surface area contributed by atoms with Gasteiger partial charge in [-0.3, -0.25) is 4.98 Å². The Labute approximate surface area is 115 Å². The summed E-state index contributed by atoms with van der Waals surface area (Å²) in [6.07, 6.45) is 1.60. The van der Waals surface area contributed by atoms with Crippen LogP contribution in [-0.2, 0) is 6.61 Å². The number of rotatable bonds is 3. The molecule has 0 amide bonds. The van der Waals surface area contributed by atoms with E-state index in [0.717, 1.165) is 5.75 Å². The molecule has 0 saturated heterocycles. The summed E-state index contributed by atoms with van der Waals surface area (Å²) in [5.74, 6) is 1.44. The van der Waals surface area contributed by atoms with E-state index in [1.807, 2.05) is 58.0 Å². The van der Waals surface area contributed by atoms with Gasteiger partial charge in [-0.05, 0) is 24.3 Å². The molecule has 0 spiro atoms. The topological polar surface area (TPSA) is 42.4 Å². The number of hydrogen-bond acceptors (Lipinski definition) is 3. The van der Waals surface area contributed by atoms with Crippen LogP contribution in [0.5, 0.6) is 11.5 Å². The SMILES string of the molecule is CC.CC.OCc1ccc(Oc2ccccc2)cn1. The second-order valence-electron chi connectivity index (χ2n) is 3.06. The lowest BCUT2D eigenvalue weighted by atomic mass is 10.3. The first kappa shape index (κ1) is 17.1. The molecule has 0 aliphatic rings. The van der Waals surface area contributed by atoms with E-state index < -0.39 is 0 Å². The van der Waals surface area contributed by atoms with Crippen LogP contribution in [0.4, 0.5) is 0 Å². The van der Waals surface area contributed by atoms with E-state index in [9.17, 15) is 0 Å². The molecule has 0 atom stereocenters. The highest BCUT2D eigenvalue weighted by molar-refractivity contribution is 5.29. The molecule has 104 valence electrons. The van der Waals surface area contributed by atoms with Crippen LogP contribution in [-0.4, -0.2) is 10.1 Å². The van der Waals surface area contributed by atoms with E-state index in [4.69, 9.17) is 9.84 Å². The lowest BCUT2D eigenvalue weighted by molar-refractivity contribution is 0.276. The maximum absolute atomic E-state index is 8.81. The molecule has 1 aromatic heterocycles. The van der Waals surface area contributed by atoms with Crippen molar-refractivity contribution in [3.05, 3.63) is 54.4 Å². The van der Waals surface area contributed by atoms with Gasteiger partial charge in [-0.1, -0.05) is 45.9 Å². The molecule has 1 aromatic carbocycles. The second-order valence-corrected chi connectivity index (χ2v) is 3.06. The van der Waals surface area contributed by atoms with Gasteiger partial charge in [0.05, 0.1) is 18.5 Å². The fraction of sp³-hybridized carbons (Fsp3) is 0.312. The maximum Gasteiger partial charge on any atom is 0.145 e. The Hall–Kier alpha value is -1.87. The van der Waals surface area contributed by atoms with E-state index in [1.54, 1.807) is 18.3 Å². The van der Waals surface area contributed by atoms with Crippen LogP contribution < -0.4 is 4.74 Å². The van der Waals surface area contributed by atoms with Crippen LogP contribution in [0.3, 0.4) is 0 Å². The molecule has 0 bridgehead atoms. The summed E-state index contributed by atoms with van der Waals surface area (Å²) in [5, 5.41) is 8.81. The van der Waals surface area contributed by atoms with Crippen LogP contribution in [0, 0.1) is 0 Å². The number of ether oxygens (including phenoxy) is 1. The van der Waals surface area contributed by atoms with E-state index in [0.29, 0.717) is 11.4 Å². The molecule has 2 rings (SSSR count). The lowest BCUT2D eigenvalue weighted by Crippen LogP contribution is -1.89. The molecule has 19 heavy (non-hydrogen) atoms. The fourth-order valence-electron chi connectivity index (χ4n) is 1.19. The summed E-state index contributed by atoms with van der Waals surface area (Å²) in [5.41, 5.74) is 0.635. The number of aliphatic hydroxyl groups excluding tert-OH is 1. The molecule has 0 aliphatic carbocycles. The Morgan fingerprint density at radius 1 is 0.895 bits per heavy atom. The quantitative estimate of drug-likeness (QED) is 0.889. The number of aromatic nitrogens is 1. The third kappa shape index (κ3) is 6.58. The molecule has 0 fully saturated rings. The van der Waals surface area contributed by atoms with Crippen molar-refractivity contribution in [2.75, 3.05) is 0 Å². The largest absolute Gasteiger partial charge is 0.456 e. The van der Waals surface area contributed by atoms with Gasteiger partial charge in [-0.15, -0.1) is 0 Å². The molecule has 1 N–H and O–H groups in total. The number of pyridine rings is 1. The molecular weight excluding hydrogens is 238 g/mol. The van der Waals surface area contributed by atoms with Crippen molar-refractivity contribution in [2.24, 2.45) is 0 Å². The Balaban J connectivity index is 0.000000741. The molecule has 3 nitrogen and oxygen atoms in total. The molecule has 3 heteroatoms. The predicted octanol–water partition coefficient (Wildman–Crippen LogP) is 4.42. The van der Waals surface area contributed by atoms with Crippen molar-refractivity contribution in [3.63, 3.8) is 0 Å². The van der Waals surface area contributed by atoms with E-state index in [-0.39, 0.29) is 6.61 Å². The summed E-state index contributed by atoms with van der Waals surface area (Å²) in [6.45, 7) is 7.95. The highest BCUT2D eigenvalue weighted by Gasteiger charge is 1.97. The van der Waals surface area contributed by atoms with E-state index in [1.165, 1.54) is 0 Å². The van der Waals surface area contributed by atoms with Crippen molar-refractivity contribution in [1.82, 2.24) is 4.98 Å². The monoisotopic (exact) mass is 261 g/mol. The zero-order valence-electron chi connectivity index (χ0n) is 12.1. The number of aliphatic hydroxyl groups is 1. The van der Waals surface area contributed by atoms with Crippen LogP contribution in [0.15, 0.2) is 48.7 Å². The molecule has 0 radical (unpaired) electrons. The van der Waals surface area contributed by atoms with Gasteiger partial charge in [0.1, 0.15) is 11.5 Å². The Kier molecular flexibility index (Phi) is 10.1. The normalized spacial score (nSPS) is 8.47. The standard InChI is InChI=1S/C12H11NO2.2C2H6/c14-9-10-6-7-12(8-13-10)15-11-4-2-1-3-5-11;2*1-2/h1-8,14H,9H2;2*1-2H3. The Bertz CT molecular complexity index is 413. The van der Waals surface area contributed by atoms with Gasteiger partial charge in [0.15, 0.2) is 0 Å². The minimum absolute atomic E-state index is 0.0500. The molecule has 2 aromatic rings. The minimum Gasteiger partial charge on any atom is -0.456 e. The minimum atomic E-state index is -0.0500. The third-order valence-corrected chi connectivity index (χ3v) is 1.94. The molecule has 1 heterocycles. The van der Waals surface area contributed by atoms with Crippen LogP contribution in [0.1, 0.15) is 33.4 Å². The first-order chi connectivity index (χ1) is 9.38. The smallest absolute Gasteiger partial charge is 0.145 e. The summed E-state index contributed by atoms with van der Waals surface area (Å²) in [7, 11) is 0. The first-order valence-electron chi connectivity index (χ1n) is 6.67. The molecule has 0 aliphatic heterocycles. The van der Waals surface area contributed by atoms with Gasteiger partial charge in [-0.2, -0.15) is 0 Å². The van der Waals surface area contributed by atoms with Crippen molar-refractivity contribution < 1.29 is 9.84 Å². The van der Waals surface area contributed by atoms with Gasteiger partial charge >= 0.3 is 0 Å². The summed E-state index contributed by atoms with van der Waals surface area (Å²) in [4.78, 5) is 4.02. The summed E-state index contributed by atoms with van der Waals surface area (Å²) >= 11 is 0. The van der Waals surface area contributed by atoms with Crippen LogP contribution >= 0.6 is 0 Å². The second kappa shape index (κ2) is 11.2. The number of nitrogens with zero attached hydrogens (tertiary/aromatic N) is 1. The summed E-state index contributed by atoms with van der Waals surface area (Å²) in [6, 6.07) is 13.0. The Morgan fingerprint density at radius 2 is 1.53 bits per heavy atom. The lowest BCUT2D eigenvalue weighted by Gasteiger charge is -2.04. The van der Waals surface area contributed by atoms with Crippen molar-refractivity contribution >= 4 is 0 Å². The third-order valence-electron chi connectivity index (χ3n) is 1.94. The van der Waals surface area contributed by atoms with Gasteiger partial charge in [0.25, 0.3) is 0 Å². The van der Waals surface area contributed by atoms with Crippen LogP contribution in [0.25, 0.3) is 0 Å². The van der Waals surface area contributed by atoms with Gasteiger partial charge in [0.2, 0.25) is 0 Å². The molecule has 0 saturated carbocycles. The summed E-state index contributed by atoms with van der Waals surface area (Å²) < 4.78 is 5.53. The zero-order valence-corrected chi connectivity index (χ0v) is 12.1. The highest BCUT2D eigenvalue weighted by Crippen LogP contribution is 2.19. The molecule has 0 unspecified atom stereocenters. The number of para-hydroxylation sites is 1. The van der Waals surface area contributed by atoms with Crippen molar-refractivity contribution in [2.45, 2.75) is 34.3 Å². The van der Waals surface area contributed by atoms with Crippen LogP contribution in [0.2, 0.25) is 0 Å². The average Bonchev–Trinajstić information content (AvgIpc) is 2.53. The Morgan fingerprint density at radius 3 is 2.00 bits per heavy atom. The average molecular weight is 261 g/mol. The van der Waals surface area contributed by atoms with Gasteiger partial charge < -0.3 is 9.84 Å². The number of benzene rings is 1. The van der Waals surface area contributed by atoms with Gasteiger partial charge in [-0.25, -0.2) is 0 Å². The van der Waals surface area contributed by atoms with E-state index in [2.05, 4.69) is 4.98 Å². The maximum atomic E-state index is 8.81.